The molecule has 0 saturated carbocycles. The van der Waals surface area contributed by atoms with Gasteiger partial charge < -0.3 is 0 Å². The topological polar surface area (TPSA) is 61.2 Å². The predicted octanol–water partition coefficient (Wildman–Crippen LogP) is 0.962. The number of hydrogen-bond donors (Lipinski definition) is 0. The van der Waals surface area contributed by atoms with Gasteiger partial charge in [0, 0.05) is 13.1 Å². The molecule has 1 saturated heterocycles. The quantitative estimate of drug-likeness (QED) is 0.706. The van der Waals surface area contributed by atoms with Crippen LogP contribution >= 0.6 is 0 Å². The molecule has 0 spiro atoms. The lowest BCUT2D eigenvalue weighted by atomic mass is 9.96. The Labute approximate surface area is 85.6 Å². The van der Waals surface area contributed by atoms with E-state index in [-0.39, 0.29) is 5.75 Å². The van der Waals surface area contributed by atoms with Gasteiger partial charge in [-0.1, -0.05) is 13.3 Å². The molecular weight excluding hydrogens is 200 g/mol. The summed E-state index contributed by atoms with van der Waals surface area (Å²) in [5, 5.41) is 8.37. The molecule has 1 aliphatic heterocycles. The van der Waals surface area contributed by atoms with Gasteiger partial charge in [0.25, 0.3) is 0 Å². The summed E-state index contributed by atoms with van der Waals surface area (Å²) >= 11 is 0. The lowest BCUT2D eigenvalue weighted by Gasteiger charge is -2.29. The summed E-state index contributed by atoms with van der Waals surface area (Å²) in [6.07, 6.45) is 2.98. The molecule has 0 bridgehead atoms. The average Bonchev–Trinajstić information content (AvgIpc) is 2.18. The van der Waals surface area contributed by atoms with E-state index in [0.29, 0.717) is 19.0 Å². The van der Waals surface area contributed by atoms with Crippen molar-refractivity contribution < 1.29 is 8.42 Å². The van der Waals surface area contributed by atoms with Gasteiger partial charge >= 0.3 is 0 Å². The average molecular weight is 216 g/mol. The van der Waals surface area contributed by atoms with Crippen molar-refractivity contribution in [3.05, 3.63) is 0 Å². The number of nitrogens with zero attached hydrogens (tertiary/aromatic N) is 2. The molecule has 1 rings (SSSR count). The molecule has 14 heavy (non-hydrogen) atoms. The molecule has 1 fully saturated rings. The van der Waals surface area contributed by atoms with E-state index in [1.165, 1.54) is 4.31 Å². The second-order valence-corrected chi connectivity index (χ2v) is 5.63. The summed E-state index contributed by atoms with van der Waals surface area (Å²) in [4.78, 5) is 0. The highest BCUT2D eigenvalue weighted by molar-refractivity contribution is 7.89. The Hall–Kier alpha value is -0.600. The zero-order valence-electron chi connectivity index (χ0n) is 8.44. The minimum Gasteiger partial charge on any atom is -0.211 e. The first-order chi connectivity index (χ1) is 6.60. The third kappa shape index (κ3) is 2.69. The maximum atomic E-state index is 11.5. The number of rotatable bonds is 3. The van der Waals surface area contributed by atoms with Crippen molar-refractivity contribution in [2.45, 2.75) is 26.2 Å². The molecule has 5 heteroatoms. The maximum Gasteiger partial charge on any atom is 0.227 e. The van der Waals surface area contributed by atoms with Gasteiger partial charge in [-0.15, -0.1) is 0 Å². The lowest BCUT2D eigenvalue weighted by molar-refractivity contribution is 0.269. The standard InChI is InChI=1S/C9H16N2O2S/c1-2-9-3-6-11(7-4-9)14(12,13)8-5-10/h9H,2-4,6-8H2,1H3. The van der Waals surface area contributed by atoms with Crippen LogP contribution in [0.3, 0.4) is 0 Å². The van der Waals surface area contributed by atoms with Crippen LogP contribution in [0.4, 0.5) is 0 Å². The van der Waals surface area contributed by atoms with Crippen LogP contribution < -0.4 is 0 Å². The molecule has 1 aliphatic rings. The van der Waals surface area contributed by atoms with Crippen LogP contribution in [0.25, 0.3) is 0 Å². The Balaban J connectivity index is 2.54. The van der Waals surface area contributed by atoms with Crippen molar-refractivity contribution in [3.63, 3.8) is 0 Å². The summed E-state index contributed by atoms with van der Waals surface area (Å²) in [6, 6.07) is 1.70. The van der Waals surface area contributed by atoms with E-state index >= 15 is 0 Å². The third-order valence-corrected chi connectivity index (χ3v) is 4.44. The van der Waals surface area contributed by atoms with Gasteiger partial charge in [-0.25, -0.2) is 12.7 Å². The molecule has 0 radical (unpaired) electrons. The highest BCUT2D eigenvalue weighted by Gasteiger charge is 2.26. The second-order valence-electron chi connectivity index (χ2n) is 3.67. The number of hydrogen-bond acceptors (Lipinski definition) is 3. The van der Waals surface area contributed by atoms with Gasteiger partial charge in [0.15, 0.2) is 5.75 Å². The first-order valence-corrected chi connectivity index (χ1v) is 6.56. The molecule has 1 heterocycles. The maximum absolute atomic E-state index is 11.5. The molecular formula is C9H16N2O2S. The van der Waals surface area contributed by atoms with Crippen LogP contribution in [0, 0.1) is 17.2 Å². The van der Waals surface area contributed by atoms with E-state index in [1.807, 2.05) is 0 Å². The Morgan fingerprint density at radius 2 is 2.00 bits per heavy atom. The molecule has 0 amide bonds. The second kappa shape index (κ2) is 4.76. The molecule has 0 aromatic carbocycles. The minimum atomic E-state index is -3.29. The van der Waals surface area contributed by atoms with E-state index < -0.39 is 10.0 Å². The zero-order chi connectivity index (χ0) is 10.6. The van der Waals surface area contributed by atoms with Gasteiger partial charge in [-0.05, 0) is 18.8 Å². The van der Waals surface area contributed by atoms with Gasteiger partial charge in [0.05, 0.1) is 6.07 Å². The van der Waals surface area contributed by atoms with Crippen molar-refractivity contribution in [1.29, 1.82) is 5.26 Å². The highest BCUT2D eigenvalue weighted by atomic mass is 32.2. The molecule has 0 atom stereocenters. The molecule has 0 N–H and O–H groups in total. The van der Waals surface area contributed by atoms with E-state index in [0.717, 1.165) is 19.3 Å². The molecule has 0 aromatic heterocycles. The van der Waals surface area contributed by atoms with E-state index in [2.05, 4.69) is 6.92 Å². The van der Waals surface area contributed by atoms with Gasteiger partial charge in [0.1, 0.15) is 0 Å². The van der Waals surface area contributed by atoms with Crippen molar-refractivity contribution in [2.24, 2.45) is 5.92 Å². The van der Waals surface area contributed by atoms with Crippen molar-refractivity contribution in [1.82, 2.24) is 4.31 Å². The van der Waals surface area contributed by atoms with Crippen LogP contribution in [-0.4, -0.2) is 31.6 Å². The van der Waals surface area contributed by atoms with Crippen molar-refractivity contribution in [2.75, 3.05) is 18.8 Å². The molecule has 0 aromatic rings. The summed E-state index contributed by atoms with van der Waals surface area (Å²) in [5.74, 6) is 0.271. The lowest BCUT2D eigenvalue weighted by Crippen LogP contribution is -2.39. The van der Waals surface area contributed by atoms with E-state index in [4.69, 9.17) is 5.26 Å². The third-order valence-electron chi connectivity index (χ3n) is 2.79. The largest absolute Gasteiger partial charge is 0.227 e. The Kier molecular flexibility index (Phi) is 3.90. The smallest absolute Gasteiger partial charge is 0.211 e. The van der Waals surface area contributed by atoms with Crippen molar-refractivity contribution >= 4 is 10.0 Å². The molecule has 80 valence electrons. The van der Waals surface area contributed by atoms with Crippen LogP contribution in [0.15, 0.2) is 0 Å². The SMILES string of the molecule is CCC1CCN(S(=O)(=O)CC#N)CC1. The Morgan fingerprint density at radius 3 is 2.43 bits per heavy atom. The van der Waals surface area contributed by atoms with Crippen LogP contribution in [-0.2, 0) is 10.0 Å². The van der Waals surface area contributed by atoms with E-state index in [9.17, 15) is 8.42 Å². The fourth-order valence-electron chi connectivity index (χ4n) is 1.77. The van der Waals surface area contributed by atoms with Crippen molar-refractivity contribution in [3.8, 4) is 6.07 Å². The first-order valence-electron chi connectivity index (χ1n) is 4.95. The van der Waals surface area contributed by atoms with E-state index in [1.54, 1.807) is 6.07 Å². The first kappa shape index (κ1) is 11.5. The predicted molar refractivity (Wildman–Crippen MR) is 54.0 cm³/mol. The van der Waals surface area contributed by atoms with Gasteiger partial charge in [0.2, 0.25) is 10.0 Å². The minimum absolute atomic E-state index is 0.385. The van der Waals surface area contributed by atoms with Crippen LogP contribution in [0.2, 0.25) is 0 Å². The summed E-state index contributed by atoms with van der Waals surface area (Å²) in [7, 11) is -3.29. The number of sulfonamides is 1. The fourth-order valence-corrected chi connectivity index (χ4v) is 2.88. The van der Waals surface area contributed by atoms with Gasteiger partial charge in [-0.2, -0.15) is 5.26 Å². The van der Waals surface area contributed by atoms with Crippen LogP contribution in [0.1, 0.15) is 26.2 Å². The molecule has 4 nitrogen and oxygen atoms in total. The summed E-state index contributed by atoms with van der Waals surface area (Å²) in [6.45, 7) is 3.30. The fraction of sp³-hybridized carbons (Fsp3) is 0.889. The Morgan fingerprint density at radius 1 is 1.43 bits per heavy atom. The number of nitriles is 1. The summed E-state index contributed by atoms with van der Waals surface area (Å²) < 4.78 is 24.4. The number of piperidine rings is 1. The molecule has 0 aliphatic carbocycles. The monoisotopic (exact) mass is 216 g/mol. The van der Waals surface area contributed by atoms with Gasteiger partial charge in [-0.3, -0.25) is 0 Å². The Bertz CT molecular complexity index is 310. The summed E-state index contributed by atoms with van der Waals surface area (Å²) in [5.41, 5.74) is 0. The normalized spacial score (nSPS) is 20.6. The van der Waals surface area contributed by atoms with Crippen LogP contribution in [0.5, 0.6) is 0 Å². The molecule has 0 unspecified atom stereocenters. The highest BCUT2D eigenvalue weighted by Crippen LogP contribution is 2.21. The zero-order valence-corrected chi connectivity index (χ0v) is 9.26.